The molecule has 8 heteroatoms. The molecule has 35 heavy (non-hydrogen) atoms. The minimum absolute atomic E-state index is 0.235. The third kappa shape index (κ3) is 5.26. The number of rotatable bonds is 7. The summed E-state index contributed by atoms with van der Waals surface area (Å²) in [6.45, 7) is 7.98. The molecule has 0 saturated carbocycles. The molecule has 1 unspecified atom stereocenters. The lowest BCUT2D eigenvalue weighted by Crippen LogP contribution is -2.40. The summed E-state index contributed by atoms with van der Waals surface area (Å²) in [6.07, 6.45) is 2.39. The van der Waals surface area contributed by atoms with E-state index in [4.69, 9.17) is 21.1 Å². The Balaban J connectivity index is 1.91. The standard InChI is InChI=1S/C27H27ClN2O4S/c1-5-14-33-21-9-7-6-8-19(21)15-22-25(31)30-24(18-10-12-20(28)13-11-18)23(26(32)34-16(2)3)17(4)29-27(30)35-22/h6-13,15-16,24H,5,14H2,1-4H3. The van der Waals surface area contributed by atoms with Crippen LogP contribution in [0.1, 0.15) is 51.3 Å². The number of allylic oxidation sites excluding steroid dienone is 1. The van der Waals surface area contributed by atoms with Gasteiger partial charge in [0, 0.05) is 10.6 Å². The zero-order chi connectivity index (χ0) is 25.1. The molecule has 1 aliphatic rings. The van der Waals surface area contributed by atoms with Crippen LogP contribution in [0.25, 0.3) is 6.08 Å². The highest BCUT2D eigenvalue weighted by molar-refractivity contribution is 7.07. The van der Waals surface area contributed by atoms with Gasteiger partial charge in [-0.3, -0.25) is 9.36 Å². The maximum atomic E-state index is 13.7. The van der Waals surface area contributed by atoms with Crippen LogP contribution >= 0.6 is 22.9 Å². The number of nitrogens with zero attached hydrogens (tertiary/aromatic N) is 2. The van der Waals surface area contributed by atoms with Crippen LogP contribution in [0, 0.1) is 0 Å². The van der Waals surface area contributed by atoms with Crippen molar-refractivity contribution < 1.29 is 14.3 Å². The normalized spacial score (nSPS) is 15.7. The van der Waals surface area contributed by atoms with Crippen LogP contribution < -0.4 is 19.6 Å². The van der Waals surface area contributed by atoms with Crippen LogP contribution in [-0.4, -0.2) is 23.2 Å². The van der Waals surface area contributed by atoms with Crippen LogP contribution in [-0.2, 0) is 9.53 Å². The lowest BCUT2D eigenvalue weighted by molar-refractivity contribution is -0.143. The molecule has 1 atom stereocenters. The lowest BCUT2D eigenvalue weighted by atomic mass is 9.96. The molecule has 2 aromatic carbocycles. The highest BCUT2D eigenvalue weighted by Crippen LogP contribution is 2.31. The predicted octanol–water partition coefficient (Wildman–Crippen LogP) is 4.63. The van der Waals surface area contributed by atoms with E-state index in [2.05, 4.69) is 4.99 Å². The molecule has 0 spiro atoms. The van der Waals surface area contributed by atoms with Crippen molar-refractivity contribution in [1.29, 1.82) is 0 Å². The van der Waals surface area contributed by atoms with Gasteiger partial charge in [-0.05, 0) is 57.0 Å². The number of carbonyl (C=O) groups excluding carboxylic acids is 1. The molecule has 1 aromatic heterocycles. The second-order valence-corrected chi connectivity index (χ2v) is 9.92. The molecule has 182 valence electrons. The Morgan fingerprint density at radius 3 is 2.60 bits per heavy atom. The minimum Gasteiger partial charge on any atom is -0.493 e. The van der Waals surface area contributed by atoms with Gasteiger partial charge in [-0.15, -0.1) is 0 Å². The van der Waals surface area contributed by atoms with Crippen LogP contribution in [0.3, 0.4) is 0 Å². The zero-order valence-corrected chi connectivity index (χ0v) is 21.7. The SMILES string of the molecule is CCCOc1ccccc1C=c1sc2n(c1=O)C(c1ccc(Cl)cc1)C(C(=O)OC(C)C)=C(C)N=2. The third-order valence-electron chi connectivity index (χ3n) is 5.44. The summed E-state index contributed by atoms with van der Waals surface area (Å²) in [7, 11) is 0. The highest BCUT2D eigenvalue weighted by atomic mass is 35.5. The van der Waals surface area contributed by atoms with Gasteiger partial charge in [0.1, 0.15) is 5.75 Å². The van der Waals surface area contributed by atoms with Gasteiger partial charge in [0.05, 0.1) is 34.6 Å². The number of benzene rings is 2. The Morgan fingerprint density at radius 1 is 1.20 bits per heavy atom. The molecule has 3 aromatic rings. The highest BCUT2D eigenvalue weighted by Gasteiger charge is 2.33. The van der Waals surface area contributed by atoms with Crippen molar-refractivity contribution in [2.45, 2.75) is 46.3 Å². The number of esters is 1. The van der Waals surface area contributed by atoms with Gasteiger partial charge >= 0.3 is 5.97 Å². The summed E-state index contributed by atoms with van der Waals surface area (Å²) in [4.78, 5) is 32.0. The van der Waals surface area contributed by atoms with Gasteiger partial charge in [-0.25, -0.2) is 9.79 Å². The van der Waals surface area contributed by atoms with Gasteiger partial charge in [0.2, 0.25) is 0 Å². The second kappa shape index (κ2) is 10.6. The summed E-state index contributed by atoms with van der Waals surface area (Å²) in [5, 5.41) is 0.567. The van der Waals surface area contributed by atoms with Gasteiger partial charge in [-0.2, -0.15) is 0 Å². The molecule has 4 rings (SSSR count). The summed E-state index contributed by atoms with van der Waals surface area (Å²) in [5.41, 5.74) is 2.19. The van der Waals surface area contributed by atoms with Gasteiger partial charge in [0.25, 0.3) is 5.56 Å². The second-order valence-electron chi connectivity index (χ2n) is 8.47. The molecule has 0 aliphatic carbocycles. The van der Waals surface area contributed by atoms with E-state index in [1.54, 1.807) is 37.5 Å². The first-order valence-electron chi connectivity index (χ1n) is 11.5. The fraction of sp³-hybridized carbons (Fsp3) is 0.296. The van der Waals surface area contributed by atoms with Crippen LogP contribution in [0.4, 0.5) is 0 Å². The number of aromatic nitrogens is 1. The van der Waals surface area contributed by atoms with E-state index in [0.717, 1.165) is 17.5 Å². The molecule has 0 fully saturated rings. The number of fused-ring (bicyclic) bond motifs is 1. The van der Waals surface area contributed by atoms with E-state index in [-0.39, 0.29) is 11.7 Å². The Kier molecular flexibility index (Phi) is 7.57. The Labute approximate surface area is 212 Å². The van der Waals surface area contributed by atoms with Gasteiger partial charge in [-0.1, -0.05) is 60.2 Å². The van der Waals surface area contributed by atoms with Crippen molar-refractivity contribution in [2.24, 2.45) is 4.99 Å². The Morgan fingerprint density at radius 2 is 1.91 bits per heavy atom. The van der Waals surface area contributed by atoms with Crippen molar-refractivity contribution in [3.8, 4) is 5.75 Å². The Bertz CT molecular complexity index is 1450. The first kappa shape index (κ1) is 24.9. The zero-order valence-electron chi connectivity index (χ0n) is 20.1. The maximum Gasteiger partial charge on any atom is 0.338 e. The largest absolute Gasteiger partial charge is 0.493 e. The van der Waals surface area contributed by atoms with E-state index in [1.807, 2.05) is 49.4 Å². The molecular formula is C27H27ClN2O4S. The number of hydrogen-bond donors (Lipinski definition) is 0. The molecule has 2 heterocycles. The molecule has 0 N–H and O–H groups in total. The molecular weight excluding hydrogens is 484 g/mol. The Hall–Kier alpha value is -3.16. The number of halogens is 1. The fourth-order valence-corrected chi connectivity index (χ4v) is 5.07. The van der Waals surface area contributed by atoms with E-state index in [9.17, 15) is 9.59 Å². The minimum atomic E-state index is -0.677. The van der Waals surface area contributed by atoms with E-state index in [0.29, 0.717) is 38.0 Å². The monoisotopic (exact) mass is 510 g/mol. The quantitative estimate of drug-likeness (QED) is 0.434. The van der Waals surface area contributed by atoms with Gasteiger partial charge in [0.15, 0.2) is 4.80 Å². The van der Waals surface area contributed by atoms with E-state index >= 15 is 0 Å². The molecule has 0 amide bonds. The average Bonchev–Trinajstić information content (AvgIpc) is 3.12. The number of thiazole rings is 1. The molecule has 1 aliphatic heterocycles. The number of ether oxygens (including phenoxy) is 2. The molecule has 0 bridgehead atoms. The van der Waals surface area contributed by atoms with E-state index < -0.39 is 12.0 Å². The van der Waals surface area contributed by atoms with E-state index in [1.165, 1.54) is 11.3 Å². The third-order valence-corrected chi connectivity index (χ3v) is 6.67. The number of carbonyl (C=O) groups is 1. The van der Waals surface area contributed by atoms with Crippen molar-refractivity contribution in [3.63, 3.8) is 0 Å². The maximum absolute atomic E-state index is 13.7. The predicted molar refractivity (Wildman–Crippen MR) is 139 cm³/mol. The first-order chi connectivity index (χ1) is 16.8. The van der Waals surface area contributed by atoms with Crippen molar-refractivity contribution in [2.75, 3.05) is 6.61 Å². The van der Waals surface area contributed by atoms with Crippen LogP contribution in [0.2, 0.25) is 5.02 Å². The van der Waals surface area contributed by atoms with Gasteiger partial charge < -0.3 is 9.47 Å². The van der Waals surface area contributed by atoms with Crippen LogP contribution in [0.15, 0.2) is 69.6 Å². The van der Waals surface area contributed by atoms with Crippen molar-refractivity contribution >= 4 is 35.0 Å². The fourth-order valence-electron chi connectivity index (χ4n) is 3.91. The summed E-state index contributed by atoms with van der Waals surface area (Å²) in [6, 6.07) is 14.1. The molecule has 0 saturated heterocycles. The summed E-state index contributed by atoms with van der Waals surface area (Å²) >= 11 is 7.40. The average molecular weight is 511 g/mol. The molecule has 0 radical (unpaired) electrons. The lowest BCUT2D eigenvalue weighted by Gasteiger charge is -2.25. The summed E-state index contributed by atoms with van der Waals surface area (Å²) in [5.74, 6) is 0.223. The van der Waals surface area contributed by atoms with Crippen molar-refractivity contribution in [1.82, 2.24) is 4.57 Å². The first-order valence-corrected chi connectivity index (χ1v) is 12.7. The summed E-state index contributed by atoms with van der Waals surface area (Å²) < 4.78 is 13.5. The van der Waals surface area contributed by atoms with Crippen molar-refractivity contribution in [3.05, 3.63) is 95.6 Å². The topological polar surface area (TPSA) is 69.9 Å². The number of para-hydroxylation sites is 1. The molecule has 6 nitrogen and oxygen atoms in total. The number of hydrogen-bond acceptors (Lipinski definition) is 6. The smallest absolute Gasteiger partial charge is 0.338 e. The van der Waals surface area contributed by atoms with Crippen LogP contribution in [0.5, 0.6) is 5.75 Å².